The van der Waals surface area contributed by atoms with E-state index in [9.17, 15) is 8.42 Å². The van der Waals surface area contributed by atoms with Gasteiger partial charge in [-0.05, 0) is 30.7 Å². The van der Waals surface area contributed by atoms with Gasteiger partial charge in [-0.3, -0.25) is 5.43 Å². The molecule has 0 saturated carbocycles. The Hall–Kier alpha value is -1.67. The smallest absolute Gasteiger partial charge is 0.242 e. The number of rotatable bonds is 5. The minimum absolute atomic E-state index is 0.222. The maximum absolute atomic E-state index is 12.0. The number of hydrogen-bond donors (Lipinski definition) is 1. The van der Waals surface area contributed by atoms with Crippen LogP contribution in [0, 0.1) is 0 Å². The topological polar surface area (TPSA) is 74.7 Å². The van der Waals surface area contributed by atoms with Gasteiger partial charge in [-0.2, -0.15) is 5.10 Å². The Morgan fingerprint density at radius 2 is 1.83 bits per heavy atom. The molecule has 0 bridgehead atoms. The van der Waals surface area contributed by atoms with Crippen molar-refractivity contribution in [2.24, 2.45) is 5.10 Å². The van der Waals surface area contributed by atoms with Crippen LogP contribution < -0.4 is 5.43 Å². The van der Waals surface area contributed by atoms with E-state index in [4.69, 9.17) is 23.2 Å². The van der Waals surface area contributed by atoms with E-state index in [-0.39, 0.29) is 4.90 Å². The molecule has 0 atom stereocenters. The summed E-state index contributed by atoms with van der Waals surface area (Å²) in [6.45, 7) is 1.78. The largest absolute Gasteiger partial charge is 0.260 e. The highest BCUT2D eigenvalue weighted by molar-refractivity contribution is 7.89. The lowest BCUT2D eigenvalue weighted by atomic mass is 10.1. The third kappa shape index (κ3) is 4.24. The van der Waals surface area contributed by atoms with E-state index >= 15 is 0 Å². The molecule has 2 aromatic rings. The third-order valence-corrected chi connectivity index (χ3v) is 5.51. The molecule has 1 heterocycles. The van der Waals surface area contributed by atoms with Crippen LogP contribution in [0.2, 0.25) is 10.0 Å². The van der Waals surface area contributed by atoms with Crippen molar-refractivity contribution in [3.05, 3.63) is 52.1 Å². The number of nitrogens with zero attached hydrogens (tertiary/aromatic N) is 3. The minimum Gasteiger partial charge on any atom is -0.260 e. The predicted molar refractivity (Wildman–Crippen MR) is 97.4 cm³/mol. The zero-order valence-electron chi connectivity index (χ0n) is 13.3. The molecule has 1 aromatic heterocycles. The first kappa shape index (κ1) is 18.7. The van der Waals surface area contributed by atoms with Crippen LogP contribution >= 0.6 is 23.2 Å². The highest BCUT2D eigenvalue weighted by Gasteiger charge is 2.16. The van der Waals surface area contributed by atoms with Crippen molar-refractivity contribution in [2.45, 2.75) is 11.8 Å². The average Bonchev–Trinajstić information content (AvgIpc) is 2.53. The lowest BCUT2D eigenvalue weighted by Gasteiger charge is -2.11. The van der Waals surface area contributed by atoms with E-state index < -0.39 is 10.0 Å². The summed E-state index contributed by atoms with van der Waals surface area (Å²) in [6.07, 6.45) is 1.46. The Bertz CT molecular complexity index is 866. The van der Waals surface area contributed by atoms with Crippen LogP contribution in [0.15, 0.2) is 46.5 Å². The highest BCUT2D eigenvalue weighted by Crippen LogP contribution is 2.22. The van der Waals surface area contributed by atoms with Crippen molar-refractivity contribution in [1.29, 1.82) is 0 Å². The van der Waals surface area contributed by atoms with Gasteiger partial charge >= 0.3 is 0 Å². The minimum atomic E-state index is -3.45. The number of pyridine rings is 1. The van der Waals surface area contributed by atoms with Gasteiger partial charge in [0, 0.05) is 20.3 Å². The van der Waals surface area contributed by atoms with Crippen molar-refractivity contribution in [2.75, 3.05) is 19.5 Å². The molecule has 0 radical (unpaired) electrons. The molecule has 1 N–H and O–H groups in total. The van der Waals surface area contributed by atoms with Crippen LogP contribution in [-0.2, 0) is 10.0 Å². The van der Waals surface area contributed by atoms with Gasteiger partial charge in [-0.25, -0.2) is 17.7 Å². The molecule has 0 aliphatic carbocycles. The first-order chi connectivity index (χ1) is 11.2. The van der Waals surface area contributed by atoms with Crippen molar-refractivity contribution in [3.8, 4) is 0 Å². The Morgan fingerprint density at radius 3 is 2.38 bits per heavy atom. The molecule has 0 spiro atoms. The predicted octanol–water partition coefficient (Wildman–Crippen LogP) is 3.47. The maximum Gasteiger partial charge on any atom is 0.242 e. The first-order valence-electron chi connectivity index (χ1n) is 6.86. The van der Waals surface area contributed by atoms with Crippen molar-refractivity contribution in [1.82, 2.24) is 9.29 Å². The molecule has 0 saturated heterocycles. The van der Waals surface area contributed by atoms with Gasteiger partial charge in [-0.15, -0.1) is 0 Å². The fraction of sp³-hybridized carbons (Fsp3) is 0.200. The number of hydrazone groups is 1. The van der Waals surface area contributed by atoms with E-state index in [1.165, 1.54) is 36.7 Å². The fourth-order valence-electron chi connectivity index (χ4n) is 1.78. The van der Waals surface area contributed by atoms with Crippen LogP contribution in [0.25, 0.3) is 0 Å². The number of aromatic nitrogens is 1. The monoisotopic (exact) mass is 386 g/mol. The van der Waals surface area contributed by atoms with E-state index in [1.807, 2.05) is 0 Å². The SMILES string of the molecule is C/C(=N/Nc1ncc(Cl)cc1Cl)c1ccc(S(=O)(=O)N(C)C)cc1. The summed E-state index contributed by atoms with van der Waals surface area (Å²) in [6, 6.07) is 8.01. The van der Waals surface area contributed by atoms with Gasteiger partial charge in [0.25, 0.3) is 0 Å². The lowest BCUT2D eigenvalue weighted by molar-refractivity contribution is 0.521. The van der Waals surface area contributed by atoms with Crippen LogP contribution in [0.1, 0.15) is 12.5 Å². The molecule has 0 aliphatic rings. The summed E-state index contributed by atoms with van der Waals surface area (Å²) in [4.78, 5) is 4.26. The molecule has 0 fully saturated rings. The second kappa shape index (κ2) is 7.48. The first-order valence-corrected chi connectivity index (χ1v) is 9.05. The van der Waals surface area contributed by atoms with E-state index in [0.717, 1.165) is 5.56 Å². The molecule has 0 aliphatic heterocycles. The molecule has 2 rings (SSSR count). The van der Waals surface area contributed by atoms with Gasteiger partial charge < -0.3 is 0 Å². The number of nitrogens with one attached hydrogen (secondary N) is 1. The molecule has 6 nitrogen and oxygen atoms in total. The zero-order chi connectivity index (χ0) is 17.9. The summed E-state index contributed by atoms with van der Waals surface area (Å²) < 4.78 is 25.2. The number of anilines is 1. The maximum atomic E-state index is 12.0. The summed E-state index contributed by atoms with van der Waals surface area (Å²) in [5.41, 5.74) is 4.18. The second-order valence-electron chi connectivity index (χ2n) is 5.10. The lowest BCUT2D eigenvalue weighted by Crippen LogP contribution is -2.22. The summed E-state index contributed by atoms with van der Waals surface area (Å²) in [5.74, 6) is 0.382. The van der Waals surface area contributed by atoms with Crippen molar-refractivity contribution >= 4 is 44.8 Å². The number of hydrogen-bond acceptors (Lipinski definition) is 5. The molecular weight excluding hydrogens is 371 g/mol. The second-order valence-corrected chi connectivity index (χ2v) is 8.10. The Kier molecular flexibility index (Phi) is 5.82. The Balaban J connectivity index is 2.19. The van der Waals surface area contributed by atoms with Gasteiger partial charge in [0.05, 0.1) is 20.7 Å². The van der Waals surface area contributed by atoms with Crippen LogP contribution in [0.5, 0.6) is 0 Å². The van der Waals surface area contributed by atoms with Crippen LogP contribution in [-0.4, -0.2) is 37.5 Å². The van der Waals surface area contributed by atoms with E-state index in [1.54, 1.807) is 25.1 Å². The number of sulfonamides is 1. The average molecular weight is 387 g/mol. The molecule has 128 valence electrons. The molecule has 1 aromatic carbocycles. The molecule has 24 heavy (non-hydrogen) atoms. The quantitative estimate of drug-likeness (QED) is 0.630. The summed E-state index contributed by atoms with van der Waals surface area (Å²) in [5, 5.41) is 4.99. The van der Waals surface area contributed by atoms with Crippen LogP contribution in [0.4, 0.5) is 5.82 Å². The Labute approximate surface area is 151 Å². The van der Waals surface area contributed by atoms with Gasteiger partial charge in [0.15, 0.2) is 5.82 Å². The molecule has 0 amide bonds. The third-order valence-electron chi connectivity index (χ3n) is 3.19. The number of benzene rings is 1. The van der Waals surface area contributed by atoms with E-state index in [0.29, 0.717) is 21.6 Å². The van der Waals surface area contributed by atoms with Gasteiger partial charge in [0.1, 0.15) is 0 Å². The Morgan fingerprint density at radius 1 is 1.21 bits per heavy atom. The highest BCUT2D eigenvalue weighted by atomic mass is 35.5. The van der Waals surface area contributed by atoms with Gasteiger partial charge in [0.2, 0.25) is 10.0 Å². The summed E-state index contributed by atoms with van der Waals surface area (Å²) >= 11 is 11.8. The molecule has 0 unspecified atom stereocenters. The van der Waals surface area contributed by atoms with Crippen LogP contribution in [0.3, 0.4) is 0 Å². The van der Waals surface area contributed by atoms with Gasteiger partial charge in [-0.1, -0.05) is 35.3 Å². The van der Waals surface area contributed by atoms with Crippen molar-refractivity contribution < 1.29 is 8.42 Å². The van der Waals surface area contributed by atoms with Crippen molar-refractivity contribution in [3.63, 3.8) is 0 Å². The standard InChI is InChI=1S/C15H16Cl2N4O2S/c1-10(19-20-15-14(17)8-12(16)9-18-15)11-4-6-13(7-5-11)24(22,23)21(2)3/h4-9H,1-3H3,(H,18,20)/b19-10-. The molecular formula is C15H16Cl2N4O2S. The molecule has 9 heteroatoms. The zero-order valence-corrected chi connectivity index (χ0v) is 15.6. The van der Waals surface area contributed by atoms with E-state index in [2.05, 4.69) is 15.5 Å². The summed E-state index contributed by atoms with van der Waals surface area (Å²) in [7, 11) is -0.469. The normalized spacial score (nSPS) is 12.5. The number of halogens is 2. The fourth-order valence-corrected chi connectivity index (χ4v) is 3.10.